The average molecular weight is 432 g/mol. The van der Waals surface area contributed by atoms with Crippen molar-refractivity contribution in [2.75, 3.05) is 29.6 Å². The number of nitrogen functional groups attached to an aromatic ring is 1. The van der Waals surface area contributed by atoms with Crippen molar-refractivity contribution in [2.45, 2.75) is 25.4 Å². The summed E-state index contributed by atoms with van der Waals surface area (Å²) in [6, 6.07) is 13.9. The number of rotatable bonds is 6. The number of H-pyrrole nitrogens is 1. The maximum Gasteiger partial charge on any atom is 0.276 e. The van der Waals surface area contributed by atoms with Gasteiger partial charge in [-0.2, -0.15) is 10.2 Å². The number of benzene rings is 2. The third-order valence-corrected chi connectivity index (χ3v) is 5.56. The number of nitrogens with zero attached hydrogens (tertiary/aromatic N) is 3. The number of hydrogen-bond acceptors (Lipinski definition) is 6. The number of aromatic nitrogens is 4. The van der Waals surface area contributed by atoms with Crippen LogP contribution in [0.4, 0.5) is 17.1 Å². The standard InChI is InChI=1S/C23H25N7O2/c24-16-3-1-2-15(10-16)13-30-14-19(12-25-30)27-23(31)22-20-11-18(4-5-21(20)28-29-22)26-17-6-8-32-9-7-17/h1-5,10-12,14,17,26H,6-9,13,24H2,(H,27,31)(H,28,29). The third kappa shape index (κ3) is 4.42. The van der Waals surface area contributed by atoms with E-state index in [1.54, 1.807) is 17.1 Å². The molecule has 1 aliphatic heterocycles. The molecule has 4 aromatic rings. The van der Waals surface area contributed by atoms with Gasteiger partial charge in [0.15, 0.2) is 5.69 Å². The minimum atomic E-state index is -0.289. The number of fused-ring (bicyclic) bond motifs is 1. The maximum atomic E-state index is 12.9. The van der Waals surface area contributed by atoms with E-state index in [4.69, 9.17) is 10.5 Å². The predicted molar refractivity (Wildman–Crippen MR) is 124 cm³/mol. The van der Waals surface area contributed by atoms with Gasteiger partial charge in [-0.3, -0.25) is 14.6 Å². The van der Waals surface area contributed by atoms with E-state index in [0.29, 0.717) is 29.7 Å². The Labute approximate surface area is 184 Å². The second-order valence-electron chi connectivity index (χ2n) is 7.99. The zero-order valence-electron chi connectivity index (χ0n) is 17.5. The van der Waals surface area contributed by atoms with E-state index in [9.17, 15) is 4.79 Å². The molecule has 2 aromatic carbocycles. The number of nitrogens with two attached hydrogens (primary N) is 1. The summed E-state index contributed by atoms with van der Waals surface area (Å²) >= 11 is 0. The summed E-state index contributed by atoms with van der Waals surface area (Å²) in [4.78, 5) is 12.9. The Kier molecular flexibility index (Phi) is 5.47. The molecule has 0 unspecified atom stereocenters. The van der Waals surface area contributed by atoms with Crippen molar-refractivity contribution in [3.8, 4) is 0 Å². The van der Waals surface area contributed by atoms with Crippen LogP contribution >= 0.6 is 0 Å². The van der Waals surface area contributed by atoms with Crippen molar-refractivity contribution >= 4 is 33.9 Å². The Morgan fingerprint density at radius 2 is 2.06 bits per heavy atom. The van der Waals surface area contributed by atoms with E-state index >= 15 is 0 Å². The van der Waals surface area contributed by atoms with Crippen molar-refractivity contribution in [1.29, 1.82) is 0 Å². The normalized spacial score (nSPS) is 14.5. The first-order chi connectivity index (χ1) is 15.6. The first-order valence-corrected chi connectivity index (χ1v) is 10.6. The van der Waals surface area contributed by atoms with Crippen molar-refractivity contribution in [2.24, 2.45) is 0 Å². The van der Waals surface area contributed by atoms with Crippen molar-refractivity contribution in [1.82, 2.24) is 20.0 Å². The molecule has 5 rings (SSSR count). The number of hydrogen-bond donors (Lipinski definition) is 4. The van der Waals surface area contributed by atoms with Gasteiger partial charge >= 0.3 is 0 Å². The summed E-state index contributed by atoms with van der Waals surface area (Å²) in [7, 11) is 0. The molecule has 164 valence electrons. The third-order valence-electron chi connectivity index (χ3n) is 5.56. The summed E-state index contributed by atoms with van der Waals surface area (Å²) in [6.07, 6.45) is 5.35. The van der Waals surface area contributed by atoms with Gasteiger partial charge in [-0.1, -0.05) is 12.1 Å². The zero-order chi connectivity index (χ0) is 21.9. The van der Waals surface area contributed by atoms with E-state index in [0.717, 1.165) is 48.2 Å². The molecule has 5 N–H and O–H groups in total. The number of anilines is 3. The second-order valence-corrected chi connectivity index (χ2v) is 7.99. The first kappa shape index (κ1) is 20.1. The Hall–Kier alpha value is -3.85. The lowest BCUT2D eigenvalue weighted by atomic mass is 10.1. The van der Waals surface area contributed by atoms with Gasteiger partial charge in [0.25, 0.3) is 5.91 Å². The molecule has 1 aliphatic rings. The molecule has 0 spiro atoms. The van der Waals surface area contributed by atoms with E-state index < -0.39 is 0 Å². The fourth-order valence-corrected chi connectivity index (χ4v) is 3.94. The molecule has 0 radical (unpaired) electrons. The summed E-state index contributed by atoms with van der Waals surface area (Å²) in [6.45, 7) is 2.10. The minimum absolute atomic E-state index is 0.289. The summed E-state index contributed by atoms with van der Waals surface area (Å²) in [5, 5.41) is 18.7. The molecule has 3 heterocycles. The van der Waals surface area contributed by atoms with E-state index in [1.165, 1.54) is 0 Å². The summed E-state index contributed by atoms with van der Waals surface area (Å²) < 4.78 is 7.18. The summed E-state index contributed by atoms with van der Waals surface area (Å²) in [5.74, 6) is -0.289. The van der Waals surface area contributed by atoms with Crippen LogP contribution < -0.4 is 16.4 Å². The lowest BCUT2D eigenvalue weighted by Gasteiger charge is -2.24. The molecular weight excluding hydrogens is 406 g/mol. The number of carbonyl (C=O) groups is 1. The van der Waals surface area contributed by atoms with Gasteiger partial charge in [0, 0.05) is 42.2 Å². The van der Waals surface area contributed by atoms with Crippen molar-refractivity contribution in [3.63, 3.8) is 0 Å². The predicted octanol–water partition coefficient (Wildman–Crippen LogP) is 3.23. The van der Waals surface area contributed by atoms with Crippen LogP contribution in [0.15, 0.2) is 54.9 Å². The molecule has 32 heavy (non-hydrogen) atoms. The van der Waals surface area contributed by atoms with Crippen molar-refractivity contribution < 1.29 is 9.53 Å². The number of ether oxygens (including phenoxy) is 1. The molecule has 0 bridgehead atoms. The topological polar surface area (TPSA) is 123 Å². The Morgan fingerprint density at radius 3 is 2.91 bits per heavy atom. The second kappa shape index (κ2) is 8.72. The molecule has 1 amide bonds. The fraction of sp³-hybridized carbons (Fsp3) is 0.261. The van der Waals surface area contributed by atoms with Gasteiger partial charge in [0.1, 0.15) is 0 Å². The van der Waals surface area contributed by atoms with Gasteiger partial charge < -0.3 is 21.1 Å². The highest BCUT2D eigenvalue weighted by atomic mass is 16.5. The van der Waals surface area contributed by atoms with Crippen LogP contribution in [0.2, 0.25) is 0 Å². The van der Waals surface area contributed by atoms with Gasteiger partial charge in [-0.25, -0.2) is 0 Å². The van der Waals surface area contributed by atoms with Crippen LogP contribution in [0.25, 0.3) is 10.9 Å². The smallest absolute Gasteiger partial charge is 0.276 e. The van der Waals surface area contributed by atoms with Gasteiger partial charge in [-0.15, -0.1) is 0 Å². The Balaban J connectivity index is 1.29. The summed E-state index contributed by atoms with van der Waals surface area (Å²) in [5.41, 5.74) is 10.3. The van der Waals surface area contributed by atoms with E-state index in [-0.39, 0.29) is 5.91 Å². The molecule has 0 saturated carbocycles. The van der Waals surface area contributed by atoms with Gasteiger partial charge in [0.2, 0.25) is 0 Å². The van der Waals surface area contributed by atoms with Crippen LogP contribution in [0, 0.1) is 0 Å². The SMILES string of the molecule is Nc1cccc(Cn2cc(NC(=O)c3n[nH]c4ccc(NC5CCOCC5)cc34)cn2)c1. The Bertz CT molecular complexity index is 1240. The fourth-order valence-electron chi connectivity index (χ4n) is 3.94. The largest absolute Gasteiger partial charge is 0.399 e. The van der Waals surface area contributed by atoms with Crippen LogP contribution in [-0.2, 0) is 11.3 Å². The lowest BCUT2D eigenvalue weighted by molar-refractivity contribution is 0.0904. The number of amides is 1. The molecule has 2 aromatic heterocycles. The highest BCUT2D eigenvalue weighted by Crippen LogP contribution is 2.23. The van der Waals surface area contributed by atoms with Crippen LogP contribution in [0.3, 0.4) is 0 Å². The zero-order valence-corrected chi connectivity index (χ0v) is 17.5. The minimum Gasteiger partial charge on any atom is -0.399 e. The van der Waals surface area contributed by atoms with Crippen molar-refractivity contribution in [3.05, 3.63) is 66.1 Å². The monoisotopic (exact) mass is 431 g/mol. The van der Waals surface area contributed by atoms with E-state index in [2.05, 4.69) is 25.9 Å². The van der Waals surface area contributed by atoms with Gasteiger partial charge in [-0.05, 0) is 48.7 Å². The maximum absolute atomic E-state index is 12.9. The van der Waals surface area contributed by atoms with Crippen LogP contribution in [-0.4, -0.2) is 45.1 Å². The van der Waals surface area contributed by atoms with Gasteiger partial charge in [0.05, 0.1) is 23.9 Å². The molecule has 1 saturated heterocycles. The lowest BCUT2D eigenvalue weighted by Crippen LogP contribution is -2.27. The average Bonchev–Trinajstić information content (AvgIpc) is 3.41. The van der Waals surface area contributed by atoms with Crippen LogP contribution in [0.5, 0.6) is 0 Å². The Morgan fingerprint density at radius 1 is 1.19 bits per heavy atom. The number of nitrogens with one attached hydrogen (secondary N) is 3. The van der Waals surface area contributed by atoms with E-state index in [1.807, 2.05) is 42.5 Å². The molecule has 1 fully saturated rings. The van der Waals surface area contributed by atoms with Crippen LogP contribution in [0.1, 0.15) is 28.9 Å². The molecule has 9 heteroatoms. The molecule has 0 atom stereocenters. The quantitative estimate of drug-likeness (QED) is 0.348. The molecule has 0 aliphatic carbocycles. The molecule has 9 nitrogen and oxygen atoms in total. The number of aromatic amines is 1. The highest BCUT2D eigenvalue weighted by Gasteiger charge is 2.17. The first-order valence-electron chi connectivity index (χ1n) is 10.6. The highest BCUT2D eigenvalue weighted by molar-refractivity contribution is 6.11. The molecular formula is C23H25N7O2. The number of carbonyl (C=O) groups excluding carboxylic acids is 1.